The minimum Gasteiger partial charge on any atom is -0.317 e. The van der Waals surface area contributed by atoms with Crippen LogP contribution in [0, 0.1) is 5.92 Å². The number of nitrogens with zero attached hydrogens (tertiary/aromatic N) is 1. The molecule has 0 aromatic heterocycles. The van der Waals surface area contributed by atoms with Crippen molar-refractivity contribution in [3.63, 3.8) is 0 Å². The zero-order valence-corrected chi connectivity index (χ0v) is 13.2. The molecule has 0 radical (unpaired) electrons. The van der Waals surface area contributed by atoms with Crippen molar-refractivity contribution in [2.75, 3.05) is 20.1 Å². The topological polar surface area (TPSA) is 15.3 Å². The monoisotopic (exact) mass is 262 g/mol. The first kappa shape index (κ1) is 16.2. The maximum absolute atomic E-state index is 3.40. The Morgan fingerprint density at radius 3 is 2.32 bits per heavy atom. The summed E-state index contributed by atoms with van der Waals surface area (Å²) in [7, 11) is 2.23. The van der Waals surface area contributed by atoms with Gasteiger partial charge < -0.3 is 5.32 Å². The molecule has 0 fully saturated rings. The first-order valence-electron chi connectivity index (χ1n) is 7.54. The number of nitrogens with one attached hydrogen (secondary N) is 1. The Balaban J connectivity index is 2.66. The third-order valence-electron chi connectivity index (χ3n) is 4.02. The molecule has 108 valence electrons. The average Bonchev–Trinajstić information content (AvgIpc) is 2.39. The number of rotatable bonds is 8. The Morgan fingerprint density at radius 1 is 1.11 bits per heavy atom. The molecule has 0 saturated heterocycles. The Bertz CT molecular complexity index is 360. The lowest BCUT2D eigenvalue weighted by Crippen LogP contribution is -2.33. The van der Waals surface area contributed by atoms with E-state index in [1.165, 1.54) is 11.1 Å². The van der Waals surface area contributed by atoms with Crippen molar-refractivity contribution in [1.29, 1.82) is 0 Å². The van der Waals surface area contributed by atoms with Crippen LogP contribution in [0.5, 0.6) is 0 Å². The van der Waals surface area contributed by atoms with E-state index < -0.39 is 0 Å². The smallest absolute Gasteiger partial charge is 0.0236 e. The molecule has 1 N–H and O–H groups in total. The summed E-state index contributed by atoms with van der Waals surface area (Å²) in [5.41, 5.74) is 2.95. The van der Waals surface area contributed by atoms with Crippen molar-refractivity contribution in [3.05, 3.63) is 35.4 Å². The van der Waals surface area contributed by atoms with E-state index in [1.807, 2.05) is 0 Å². The molecule has 0 aliphatic heterocycles. The standard InChI is InChI=1S/C17H30N2/c1-6-18-12-11-16-9-7-8-10-17(16)13-19(5)15(4)14(2)3/h7-10,14-15,18H,6,11-13H2,1-5H3. The van der Waals surface area contributed by atoms with Crippen LogP contribution in [0.1, 0.15) is 38.8 Å². The molecule has 1 atom stereocenters. The summed E-state index contributed by atoms with van der Waals surface area (Å²) in [6, 6.07) is 9.45. The van der Waals surface area contributed by atoms with Gasteiger partial charge in [-0.15, -0.1) is 0 Å². The summed E-state index contributed by atoms with van der Waals surface area (Å²) in [5, 5.41) is 3.40. The Kier molecular flexibility index (Phi) is 7.11. The predicted molar refractivity (Wildman–Crippen MR) is 84.5 cm³/mol. The maximum atomic E-state index is 3.40. The van der Waals surface area contributed by atoms with Gasteiger partial charge in [-0.3, -0.25) is 4.90 Å². The van der Waals surface area contributed by atoms with Crippen LogP contribution in [-0.2, 0) is 13.0 Å². The summed E-state index contributed by atoms with van der Waals surface area (Å²) < 4.78 is 0. The molecule has 0 saturated carbocycles. The molecule has 1 unspecified atom stereocenters. The lowest BCUT2D eigenvalue weighted by Gasteiger charge is -2.28. The van der Waals surface area contributed by atoms with E-state index >= 15 is 0 Å². The summed E-state index contributed by atoms with van der Waals surface area (Å²) in [6.45, 7) is 12.2. The van der Waals surface area contributed by atoms with Crippen molar-refractivity contribution in [2.45, 2.75) is 46.7 Å². The molecule has 0 aliphatic carbocycles. The fourth-order valence-electron chi connectivity index (χ4n) is 2.28. The summed E-state index contributed by atoms with van der Waals surface area (Å²) in [5.74, 6) is 0.693. The van der Waals surface area contributed by atoms with E-state index in [0.717, 1.165) is 26.1 Å². The van der Waals surface area contributed by atoms with Crippen LogP contribution in [-0.4, -0.2) is 31.1 Å². The van der Waals surface area contributed by atoms with Gasteiger partial charge in [0.15, 0.2) is 0 Å². The Morgan fingerprint density at radius 2 is 1.74 bits per heavy atom. The third kappa shape index (κ3) is 5.33. The van der Waals surface area contributed by atoms with Crippen LogP contribution in [0.2, 0.25) is 0 Å². The van der Waals surface area contributed by atoms with Gasteiger partial charge >= 0.3 is 0 Å². The molecule has 19 heavy (non-hydrogen) atoms. The Labute approximate surface area is 119 Å². The molecule has 1 rings (SSSR count). The highest BCUT2D eigenvalue weighted by molar-refractivity contribution is 5.27. The highest BCUT2D eigenvalue weighted by atomic mass is 15.1. The highest BCUT2D eigenvalue weighted by Gasteiger charge is 2.14. The van der Waals surface area contributed by atoms with Gasteiger partial charge in [-0.1, -0.05) is 45.0 Å². The predicted octanol–water partition coefficient (Wildman–Crippen LogP) is 3.31. The normalized spacial score (nSPS) is 13.2. The second-order valence-corrected chi connectivity index (χ2v) is 5.77. The molecular weight excluding hydrogens is 232 g/mol. The first-order valence-corrected chi connectivity index (χ1v) is 7.54. The number of hydrogen-bond donors (Lipinski definition) is 1. The molecule has 2 nitrogen and oxygen atoms in total. The van der Waals surface area contributed by atoms with E-state index in [4.69, 9.17) is 0 Å². The molecule has 1 aromatic carbocycles. The Hall–Kier alpha value is -0.860. The van der Waals surface area contributed by atoms with Gasteiger partial charge in [-0.2, -0.15) is 0 Å². The number of hydrogen-bond acceptors (Lipinski definition) is 2. The SMILES string of the molecule is CCNCCc1ccccc1CN(C)C(C)C(C)C. The van der Waals surface area contributed by atoms with Gasteiger partial charge in [-0.05, 0) is 50.5 Å². The fourth-order valence-corrected chi connectivity index (χ4v) is 2.28. The van der Waals surface area contributed by atoms with Gasteiger partial charge in [0, 0.05) is 12.6 Å². The van der Waals surface area contributed by atoms with Crippen molar-refractivity contribution in [2.24, 2.45) is 5.92 Å². The van der Waals surface area contributed by atoms with Gasteiger partial charge in [0.2, 0.25) is 0 Å². The van der Waals surface area contributed by atoms with E-state index in [1.54, 1.807) is 0 Å². The lowest BCUT2D eigenvalue weighted by molar-refractivity contribution is 0.200. The van der Waals surface area contributed by atoms with Crippen molar-refractivity contribution in [1.82, 2.24) is 10.2 Å². The van der Waals surface area contributed by atoms with E-state index in [9.17, 15) is 0 Å². The molecule has 0 spiro atoms. The quantitative estimate of drug-likeness (QED) is 0.723. The zero-order valence-electron chi connectivity index (χ0n) is 13.2. The molecule has 0 bridgehead atoms. The minimum atomic E-state index is 0.613. The number of likely N-dealkylation sites (N-methyl/N-ethyl adjacent to an activating group) is 1. The third-order valence-corrected chi connectivity index (χ3v) is 4.02. The molecular formula is C17H30N2. The van der Waals surface area contributed by atoms with Crippen molar-refractivity contribution in [3.8, 4) is 0 Å². The minimum absolute atomic E-state index is 0.613. The second kappa shape index (κ2) is 8.34. The molecule has 0 amide bonds. The molecule has 0 heterocycles. The van der Waals surface area contributed by atoms with E-state index in [-0.39, 0.29) is 0 Å². The summed E-state index contributed by atoms with van der Waals surface area (Å²) in [6.07, 6.45) is 1.12. The molecule has 2 heteroatoms. The second-order valence-electron chi connectivity index (χ2n) is 5.77. The van der Waals surface area contributed by atoms with Gasteiger partial charge in [0.1, 0.15) is 0 Å². The number of benzene rings is 1. The largest absolute Gasteiger partial charge is 0.317 e. The zero-order chi connectivity index (χ0) is 14.3. The van der Waals surface area contributed by atoms with Crippen LogP contribution >= 0.6 is 0 Å². The maximum Gasteiger partial charge on any atom is 0.0236 e. The van der Waals surface area contributed by atoms with E-state index in [2.05, 4.69) is 69.2 Å². The van der Waals surface area contributed by atoms with Crippen LogP contribution in [0.3, 0.4) is 0 Å². The average molecular weight is 262 g/mol. The summed E-state index contributed by atoms with van der Waals surface area (Å²) in [4.78, 5) is 2.46. The first-order chi connectivity index (χ1) is 9.06. The lowest BCUT2D eigenvalue weighted by atomic mass is 10.0. The van der Waals surface area contributed by atoms with Crippen molar-refractivity contribution < 1.29 is 0 Å². The van der Waals surface area contributed by atoms with Gasteiger partial charge in [-0.25, -0.2) is 0 Å². The molecule has 1 aromatic rings. The van der Waals surface area contributed by atoms with Crippen LogP contribution < -0.4 is 5.32 Å². The van der Waals surface area contributed by atoms with Crippen molar-refractivity contribution >= 4 is 0 Å². The van der Waals surface area contributed by atoms with Gasteiger partial charge in [0.05, 0.1) is 0 Å². The summed E-state index contributed by atoms with van der Waals surface area (Å²) >= 11 is 0. The highest BCUT2D eigenvalue weighted by Crippen LogP contribution is 2.16. The van der Waals surface area contributed by atoms with Crippen LogP contribution in [0.15, 0.2) is 24.3 Å². The molecule has 0 aliphatic rings. The van der Waals surface area contributed by atoms with Gasteiger partial charge in [0.25, 0.3) is 0 Å². The van der Waals surface area contributed by atoms with Crippen LogP contribution in [0.4, 0.5) is 0 Å². The van der Waals surface area contributed by atoms with Crippen LogP contribution in [0.25, 0.3) is 0 Å². The van der Waals surface area contributed by atoms with E-state index in [0.29, 0.717) is 12.0 Å². The fraction of sp³-hybridized carbons (Fsp3) is 0.647.